The van der Waals surface area contributed by atoms with Crippen LogP contribution in [0.2, 0.25) is 0 Å². The molecule has 2 rings (SSSR count). The Kier molecular flexibility index (Phi) is 2.56. The van der Waals surface area contributed by atoms with E-state index in [1.54, 1.807) is 13.3 Å². The van der Waals surface area contributed by atoms with Gasteiger partial charge in [-0.25, -0.2) is 0 Å². The molecule has 0 aliphatic carbocycles. The normalized spacial score (nSPS) is 10.4. The predicted molar refractivity (Wildman–Crippen MR) is 62.4 cm³/mol. The number of ether oxygens (including phenoxy) is 1. The molecule has 4 heteroatoms. The fourth-order valence-electron chi connectivity index (χ4n) is 1.66. The van der Waals surface area contributed by atoms with Crippen molar-refractivity contribution in [1.82, 2.24) is 5.16 Å². The summed E-state index contributed by atoms with van der Waals surface area (Å²) in [5.74, 6) is 1.17. The third kappa shape index (κ3) is 1.62. The van der Waals surface area contributed by atoms with Crippen LogP contribution in [0.5, 0.6) is 5.75 Å². The second kappa shape index (κ2) is 3.89. The van der Waals surface area contributed by atoms with Crippen LogP contribution in [-0.2, 0) is 0 Å². The minimum absolute atomic E-state index is 0.324. The van der Waals surface area contributed by atoms with Crippen molar-refractivity contribution >= 4 is 5.88 Å². The Morgan fingerprint density at radius 3 is 2.62 bits per heavy atom. The largest absolute Gasteiger partial charge is 0.496 e. The number of benzene rings is 1. The number of rotatable bonds is 2. The van der Waals surface area contributed by atoms with Crippen molar-refractivity contribution in [1.29, 1.82) is 0 Å². The van der Waals surface area contributed by atoms with Gasteiger partial charge in [0.15, 0.2) is 0 Å². The van der Waals surface area contributed by atoms with Gasteiger partial charge in [-0.2, -0.15) is 0 Å². The molecule has 0 unspecified atom stereocenters. The Labute approximate surface area is 94.0 Å². The molecule has 2 aromatic rings. The van der Waals surface area contributed by atoms with E-state index < -0.39 is 0 Å². The fourth-order valence-corrected chi connectivity index (χ4v) is 1.66. The topological polar surface area (TPSA) is 61.3 Å². The lowest BCUT2D eigenvalue weighted by Gasteiger charge is -2.10. The number of hydrogen-bond donors (Lipinski definition) is 1. The molecule has 2 N–H and O–H groups in total. The van der Waals surface area contributed by atoms with E-state index in [4.69, 9.17) is 15.0 Å². The lowest BCUT2D eigenvalue weighted by molar-refractivity contribution is 0.411. The standard InChI is InChI=1S/C12H14N2O2/c1-7-4-9(5-11(15-3)8(7)2)10-6-14-16-12(10)13/h4-6H,13H2,1-3H3. The number of nitrogens with zero attached hydrogens (tertiary/aromatic N) is 1. The smallest absolute Gasteiger partial charge is 0.229 e. The van der Waals surface area contributed by atoms with E-state index in [1.165, 1.54) is 0 Å². The number of anilines is 1. The van der Waals surface area contributed by atoms with Gasteiger partial charge in [-0.3, -0.25) is 0 Å². The quantitative estimate of drug-likeness (QED) is 0.841. The van der Waals surface area contributed by atoms with Crippen molar-refractivity contribution in [3.05, 3.63) is 29.5 Å². The summed E-state index contributed by atoms with van der Waals surface area (Å²) in [6.45, 7) is 4.06. The Bertz CT molecular complexity index is 518. The maximum Gasteiger partial charge on any atom is 0.229 e. The zero-order chi connectivity index (χ0) is 11.7. The summed E-state index contributed by atoms with van der Waals surface area (Å²) in [4.78, 5) is 0. The van der Waals surface area contributed by atoms with Crippen LogP contribution in [-0.4, -0.2) is 12.3 Å². The molecule has 84 valence electrons. The molecule has 16 heavy (non-hydrogen) atoms. The lowest BCUT2D eigenvalue weighted by atomic mass is 10.0. The zero-order valence-electron chi connectivity index (χ0n) is 9.57. The van der Waals surface area contributed by atoms with E-state index in [1.807, 2.05) is 26.0 Å². The highest BCUT2D eigenvalue weighted by molar-refractivity contribution is 5.74. The molecule has 0 saturated heterocycles. The van der Waals surface area contributed by atoms with E-state index in [9.17, 15) is 0 Å². The van der Waals surface area contributed by atoms with Gasteiger partial charge in [-0.05, 0) is 36.6 Å². The number of hydrogen-bond acceptors (Lipinski definition) is 4. The molecule has 0 amide bonds. The van der Waals surface area contributed by atoms with E-state index in [2.05, 4.69) is 5.16 Å². The molecule has 1 aromatic heterocycles. The zero-order valence-corrected chi connectivity index (χ0v) is 9.57. The lowest BCUT2D eigenvalue weighted by Crippen LogP contribution is -1.92. The summed E-state index contributed by atoms with van der Waals surface area (Å²) >= 11 is 0. The van der Waals surface area contributed by atoms with Crippen molar-refractivity contribution < 1.29 is 9.26 Å². The molecule has 1 aromatic carbocycles. The second-order valence-electron chi connectivity index (χ2n) is 3.72. The van der Waals surface area contributed by atoms with Crippen molar-refractivity contribution in [3.63, 3.8) is 0 Å². The minimum atomic E-state index is 0.324. The third-order valence-electron chi connectivity index (χ3n) is 2.75. The van der Waals surface area contributed by atoms with Gasteiger partial charge in [0, 0.05) is 0 Å². The molecule has 0 aliphatic heterocycles. The van der Waals surface area contributed by atoms with Crippen molar-refractivity contribution in [2.45, 2.75) is 13.8 Å². The SMILES string of the molecule is COc1cc(-c2cnoc2N)cc(C)c1C. The first kappa shape index (κ1) is 10.5. The molecule has 0 fully saturated rings. The van der Waals surface area contributed by atoms with Crippen molar-refractivity contribution in [3.8, 4) is 16.9 Å². The van der Waals surface area contributed by atoms with E-state index in [0.717, 1.165) is 28.0 Å². The molecule has 0 aliphatic rings. The monoisotopic (exact) mass is 218 g/mol. The molecule has 0 atom stereocenters. The number of methoxy groups -OCH3 is 1. The highest BCUT2D eigenvalue weighted by Crippen LogP contribution is 2.32. The van der Waals surface area contributed by atoms with Crippen LogP contribution in [0.25, 0.3) is 11.1 Å². The number of nitrogen functional groups attached to an aromatic ring is 1. The summed E-state index contributed by atoms with van der Waals surface area (Å²) in [6.07, 6.45) is 1.61. The Balaban J connectivity index is 2.59. The first-order chi connectivity index (χ1) is 7.63. The van der Waals surface area contributed by atoms with Gasteiger partial charge >= 0.3 is 0 Å². The van der Waals surface area contributed by atoms with Gasteiger partial charge < -0.3 is 15.0 Å². The molecule has 0 bridgehead atoms. The van der Waals surface area contributed by atoms with Crippen LogP contribution >= 0.6 is 0 Å². The average Bonchev–Trinajstić information content (AvgIpc) is 2.68. The molecule has 1 heterocycles. The Morgan fingerprint density at radius 2 is 2.06 bits per heavy atom. The Morgan fingerprint density at radius 1 is 1.31 bits per heavy atom. The summed E-state index contributed by atoms with van der Waals surface area (Å²) < 4.78 is 10.2. The molecular formula is C12H14N2O2. The van der Waals surface area contributed by atoms with Gasteiger partial charge in [-0.15, -0.1) is 0 Å². The Hall–Kier alpha value is -1.97. The van der Waals surface area contributed by atoms with Crippen LogP contribution < -0.4 is 10.5 Å². The van der Waals surface area contributed by atoms with Crippen LogP contribution in [0, 0.1) is 13.8 Å². The van der Waals surface area contributed by atoms with Crippen molar-refractivity contribution in [2.75, 3.05) is 12.8 Å². The third-order valence-corrected chi connectivity index (χ3v) is 2.75. The minimum Gasteiger partial charge on any atom is -0.496 e. The molecule has 0 saturated carbocycles. The molecule has 0 radical (unpaired) electrons. The van der Waals surface area contributed by atoms with E-state index in [-0.39, 0.29) is 0 Å². The van der Waals surface area contributed by atoms with E-state index >= 15 is 0 Å². The average molecular weight is 218 g/mol. The fraction of sp³-hybridized carbons (Fsp3) is 0.250. The van der Waals surface area contributed by atoms with Crippen LogP contribution in [0.4, 0.5) is 5.88 Å². The molecular weight excluding hydrogens is 204 g/mol. The summed E-state index contributed by atoms with van der Waals surface area (Å²) in [7, 11) is 1.66. The van der Waals surface area contributed by atoms with Crippen LogP contribution in [0.15, 0.2) is 22.9 Å². The maximum atomic E-state index is 5.68. The number of aromatic nitrogens is 1. The first-order valence-corrected chi connectivity index (χ1v) is 4.99. The molecule has 0 spiro atoms. The maximum absolute atomic E-state index is 5.68. The highest BCUT2D eigenvalue weighted by atomic mass is 16.5. The van der Waals surface area contributed by atoms with Crippen LogP contribution in [0.3, 0.4) is 0 Å². The molecule has 4 nitrogen and oxygen atoms in total. The number of aryl methyl sites for hydroxylation is 1. The summed E-state index contributed by atoms with van der Waals surface area (Å²) in [6, 6.07) is 3.98. The van der Waals surface area contributed by atoms with Gasteiger partial charge in [0.2, 0.25) is 5.88 Å². The van der Waals surface area contributed by atoms with Crippen LogP contribution in [0.1, 0.15) is 11.1 Å². The van der Waals surface area contributed by atoms with Gasteiger partial charge in [-0.1, -0.05) is 11.2 Å². The van der Waals surface area contributed by atoms with Gasteiger partial charge in [0.1, 0.15) is 5.75 Å². The predicted octanol–water partition coefficient (Wildman–Crippen LogP) is 2.55. The second-order valence-corrected chi connectivity index (χ2v) is 3.72. The summed E-state index contributed by atoms with van der Waals surface area (Å²) in [5.41, 5.74) is 9.71. The van der Waals surface area contributed by atoms with E-state index in [0.29, 0.717) is 5.88 Å². The first-order valence-electron chi connectivity index (χ1n) is 4.99. The van der Waals surface area contributed by atoms with Gasteiger partial charge in [0.25, 0.3) is 0 Å². The highest BCUT2D eigenvalue weighted by Gasteiger charge is 2.11. The van der Waals surface area contributed by atoms with Crippen molar-refractivity contribution in [2.24, 2.45) is 0 Å². The number of nitrogens with two attached hydrogens (primary N) is 1. The summed E-state index contributed by atoms with van der Waals surface area (Å²) in [5, 5.41) is 3.66. The van der Waals surface area contributed by atoms with Gasteiger partial charge in [0.05, 0.1) is 18.9 Å².